The van der Waals surface area contributed by atoms with E-state index in [2.05, 4.69) is 10.6 Å². The maximum absolute atomic E-state index is 12.8. The third-order valence-electron chi connectivity index (χ3n) is 3.15. The molecule has 0 radical (unpaired) electrons. The molecule has 2 rings (SSSR count). The number of halogens is 1. The second kappa shape index (κ2) is 5.82. The van der Waals surface area contributed by atoms with E-state index in [0.717, 1.165) is 31.5 Å². The number of carbonyl (C=O) groups is 1. The van der Waals surface area contributed by atoms with Crippen LogP contribution in [0.3, 0.4) is 0 Å². The molecule has 0 aromatic heterocycles. The standard InChI is InChI=1S/C13H17FN2O2/c14-9-3-4-11(12(17)8-9)13(18)16-7-5-10-2-1-6-15-10/h3-4,8,10,15,17H,1-2,5-7H2,(H,16,18). The van der Waals surface area contributed by atoms with Gasteiger partial charge in [0.05, 0.1) is 5.56 Å². The number of aromatic hydroxyl groups is 1. The predicted octanol–water partition coefficient (Wildman–Crippen LogP) is 1.40. The molecular weight excluding hydrogens is 235 g/mol. The van der Waals surface area contributed by atoms with Gasteiger partial charge < -0.3 is 15.7 Å². The van der Waals surface area contributed by atoms with Gasteiger partial charge in [-0.15, -0.1) is 0 Å². The Morgan fingerprint density at radius 1 is 1.56 bits per heavy atom. The van der Waals surface area contributed by atoms with E-state index in [1.807, 2.05) is 0 Å². The molecule has 1 saturated heterocycles. The van der Waals surface area contributed by atoms with Crippen molar-refractivity contribution in [2.75, 3.05) is 13.1 Å². The van der Waals surface area contributed by atoms with Gasteiger partial charge in [-0.1, -0.05) is 0 Å². The molecule has 4 nitrogen and oxygen atoms in total. The van der Waals surface area contributed by atoms with Gasteiger partial charge in [0, 0.05) is 18.7 Å². The Morgan fingerprint density at radius 3 is 3.06 bits per heavy atom. The summed E-state index contributed by atoms with van der Waals surface area (Å²) in [6.45, 7) is 1.59. The number of carbonyl (C=O) groups excluding carboxylic acids is 1. The molecule has 5 heteroatoms. The van der Waals surface area contributed by atoms with Crippen molar-refractivity contribution in [1.82, 2.24) is 10.6 Å². The van der Waals surface area contributed by atoms with Gasteiger partial charge in [0.25, 0.3) is 5.91 Å². The van der Waals surface area contributed by atoms with E-state index in [4.69, 9.17) is 0 Å². The predicted molar refractivity (Wildman–Crippen MR) is 66.0 cm³/mol. The van der Waals surface area contributed by atoms with Crippen LogP contribution in [0.2, 0.25) is 0 Å². The maximum Gasteiger partial charge on any atom is 0.255 e. The maximum atomic E-state index is 12.8. The molecule has 1 fully saturated rings. The highest BCUT2D eigenvalue weighted by Crippen LogP contribution is 2.17. The van der Waals surface area contributed by atoms with Gasteiger partial charge in [-0.3, -0.25) is 4.79 Å². The van der Waals surface area contributed by atoms with Crippen LogP contribution in [-0.2, 0) is 0 Å². The van der Waals surface area contributed by atoms with Crippen LogP contribution in [0.15, 0.2) is 18.2 Å². The lowest BCUT2D eigenvalue weighted by atomic mass is 10.1. The molecule has 18 heavy (non-hydrogen) atoms. The van der Waals surface area contributed by atoms with Crippen molar-refractivity contribution in [3.8, 4) is 5.75 Å². The Morgan fingerprint density at radius 2 is 2.39 bits per heavy atom. The highest BCUT2D eigenvalue weighted by molar-refractivity contribution is 5.96. The first-order valence-corrected chi connectivity index (χ1v) is 6.17. The number of amides is 1. The SMILES string of the molecule is O=C(NCCC1CCCN1)c1ccc(F)cc1O. The molecule has 0 saturated carbocycles. The fraction of sp³-hybridized carbons (Fsp3) is 0.462. The number of rotatable bonds is 4. The smallest absolute Gasteiger partial charge is 0.255 e. The molecule has 98 valence electrons. The molecule has 1 aromatic rings. The third kappa shape index (κ3) is 3.20. The highest BCUT2D eigenvalue weighted by Gasteiger charge is 2.15. The average Bonchev–Trinajstić information content (AvgIpc) is 2.81. The van der Waals surface area contributed by atoms with Crippen molar-refractivity contribution in [3.63, 3.8) is 0 Å². The number of phenolic OH excluding ortho intramolecular Hbond substituents is 1. The van der Waals surface area contributed by atoms with Crippen LogP contribution >= 0.6 is 0 Å². The van der Waals surface area contributed by atoms with Gasteiger partial charge in [-0.2, -0.15) is 0 Å². The molecule has 1 unspecified atom stereocenters. The number of phenols is 1. The third-order valence-corrected chi connectivity index (χ3v) is 3.15. The summed E-state index contributed by atoms with van der Waals surface area (Å²) < 4.78 is 12.8. The largest absolute Gasteiger partial charge is 0.507 e. The van der Waals surface area contributed by atoms with Crippen LogP contribution in [-0.4, -0.2) is 30.1 Å². The summed E-state index contributed by atoms with van der Waals surface area (Å²) in [7, 11) is 0. The number of hydrogen-bond donors (Lipinski definition) is 3. The van der Waals surface area contributed by atoms with E-state index in [0.29, 0.717) is 12.6 Å². The zero-order valence-corrected chi connectivity index (χ0v) is 10.1. The summed E-state index contributed by atoms with van der Waals surface area (Å²) in [5.74, 6) is -1.25. The molecular formula is C13H17FN2O2. The lowest BCUT2D eigenvalue weighted by Crippen LogP contribution is -2.30. The van der Waals surface area contributed by atoms with Crippen LogP contribution in [0.25, 0.3) is 0 Å². The topological polar surface area (TPSA) is 61.4 Å². The minimum Gasteiger partial charge on any atom is -0.507 e. The summed E-state index contributed by atoms with van der Waals surface area (Å²) in [6, 6.07) is 3.85. The van der Waals surface area contributed by atoms with E-state index in [1.165, 1.54) is 12.5 Å². The van der Waals surface area contributed by atoms with Crippen LogP contribution in [0.5, 0.6) is 5.75 Å². The zero-order chi connectivity index (χ0) is 13.0. The summed E-state index contributed by atoms with van der Waals surface area (Å²) in [6.07, 6.45) is 3.18. The van der Waals surface area contributed by atoms with Crippen LogP contribution in [0, 0.1) is 5.82 Å². The number of benzene rings is 1. The molecule has 0 spiro atoms. The van der Waals surface area contributed by atoms with E-state index in [9.17, 15) is 14.3 Å². The minimum absolute atomic E-state index is 0.107. The number of hydrogen-bond acceptors (Lipinski definition) is 3. The molecule has 1 aliphatic rings. The zero-order valence-electron chi connectivity index (χ0n) is 10.1. The Labute approximate surface area is 105 Å². The molecule has 1 heterocycles. The van der Waals surface area contributed by atoms with E-state index in [-0.39, 0.29) is 17.2 Å². The van der Waals surface area contributed by atoms with Crippen LogP contribution in [0.1, 0.15) is 29.6 Å². The van der Waals surface area contributed by atoms with Crippen molar-refractivity contribution >= 4 is 5.91 Å². The summed E-state index contributed by atoms with van der Waals surface area (Å²) >= 11 is 0. The molecule has 0 aliphatic carbocycles. The summed E-state index contributed by atoms with van der Waals surface area (Å²) in [5, 5.41) is 15.5. The second-order valence-corrected chi connectivity index (χ2v) is 4.50. The van der Waals surface area contributed by atoms with Crippen molar-refractivity contribution in [2.24, 2.45) is 0 Å². The molecule has 3 N–H and O–H groups in total. The van der Waals surface area contributed by atoms with Gasteiger partial charge >= 0.3 is 0 Å². The Bertz CT molecular complexity index is 431. The van der Waals surface area contributed by atoms with Crippen molar-refractivity contribution < 1.29 is 14.3 Å². The fourth-order valence-electron chi connectivity index (χ4n) is 2.16. The fourth-order valence-corrected chi connectivity index (χ4v) is 2.16. The Balaban J connectivity index is 1.83. The van der Waals surface area contributed by atoms with Crippen LogP contribution < -0.4 is 10.6 Å². The summed E-state index contributed by atoms with van der Waals surface area (Å²) in [4.78, 5) is 11.7. The molecule has 1 amide bonds. The first kappa shape index (κ1) is 12.8. The monoisotopic (exact) mass is 252 g/mol. The number of nitrogens with one attached hydrogen (secondary N) is 2. The lowest BCUT2D eigenvalue weighted by Gasteiger charge is -2.11. The van der Waals surface area contributed by atoms with Crippen molar-refractivity contribution in [2.45, 2.75) is 25.3 Å². The molecule has 1 atom stereocenters. The molecule has 1 aromatic carbocycles. The van der Waals surface area contributed by atoms with Crippen LogP contribution in [0.4, 0.5) is 4.39 Å². The van der Waals surface area contributed by atoms with Gasteiger partial charge in [-0.05, 0) is 37.9 Å². The van der Waals surface area contributed by atoms with E-state index < -0.39 is 5.82 Å². The van der Waals surface area contributed by atoms with Gasteiger partial charge in [0.1, 0.15) is 11.6 Å². The van der Waals surface area contributed by atoms with Crippen molar-refractivity contribution in [3.05, 3.63) is 29.6 Å². The van der Waals surface area contributed by atoms with E-state index in [1.54, 1.807) is 0 Å². The second-order valence-electron chi connectivity index (χ2n) is 4.50. The lowest BCUT2D eigenvalue weighted by molar-refractivity contribution is 0.0949. The van der Waals surface area contributed by atoms with Crippen molar-refractivity contribution in [1.29, 1.82) is 0 Å². The average molecular weight is 252 g/mol. The quantitative estimate of drug-likeness (QED) is 0.759. The minimum atomic E-state index is -0.556. The van der Waals surface area contributed by atoms with Gasteiger partial charge in [-0.25, -0.2) is 4.39 Å². The summed E-state index contributed by atoms with van der Waals surface area (Å²) in [5.41, 5.74) is 0.107. The molecule has 0 bridgehead atoms. The first-order valence-electron chi connectivity index (χ1n) is 6.17. The first-order chi connectivity index (χ1) is 8.66. The normalized spacial score (nSPS) is 18.8. The molecule has 1 aliphatic heterocycles. The van der Waals surface area contributed by atoms with Gasteiger partial charge in [0.2, 0.25) is 0 Å². The van der Waals surface area contributed by atoms with E-state index >= 15 is 0 Å². The highest BCUT2D eigenvalue weighted by atomic mass is 19.1. The van der Waals surface area contributed by atoms with Gasteiger partial charge in [0.15, 0.2) is 0 Å². The Hall–Kier alpha value is -1.62. The Kier molecular flexibility index (Phi) is 4.15.